The second kappa shape index (κ2) is 10.6. The first-order chi connectivity index (χ1) is 15.6. The predicted octanol–water partition coefficient (Wildman–Crippen LogP) is 4.22. The van der Waals surface area contributed by atoms with Gasteiger partial charge >= 0.3 is 0 Å². The highest BCUT2D eigenvalue weighted by molar-refractivity contribution is 6.30. The molecule has 1 atom stereocenters. The van der Waals surface area contributed by atoms with E-state index < -0.39 is 5.91 Å². The van der Waals surface area contributed by atoms with Crippen molar-refractivity contribution in [3.05, 3.63) is 101 Å². The number of primary amides is 1. The summed E-state index contributed by atoms with van der Waals surface area (Å²) in [6, 6.07) is 26.1. The number of benzene rings is 3. The van der Waals surface area contributed by atoms with E-state index in [4.69, 9.17) is 22.1 Å². The minimum atomic E-state index is -0.469. The number of carbonyl (C=O) groups excluding carboxylic acids is 1. The first-order valence-electron chi connectivity index (χ1n) is 10.9. The molecule has 1 heterocycles. The number of carbonyl (C=O) groups is 1. The highest BCUT2D eigenvalue weighted by Crippen LogP contribution is 2.30. The van der Waals surface area contributed by atoms with Gasteiger partial charge in [0, 0.05) is 37.7 Å². The van der Waals surface area contributed by atoms with Crippen molar-refractivity contribution >= 4 is 17.5 Å². The van der Waals surface area contributed by atoms with Crippen molar-refractivity contribution in [3.63, 3.8) is 0 Å². The summed E-state index contributed by atoms with van der Waals surface area (Å²) in [6.45, 7) is 5.15. The van der Waals surface area contributed by atoms with Crippen molar-refractivity contribution in [2.45, 2.75) is 6.04 Å². The molecule has 5 nitrogen and oxygen atoms in total. The van der Waals surface area contributed by atoms with Crippen molar-refractivity contribution in [3.8, 4) is 5.75 Å². The van der Waals surface area contributed by atoms with Crippen molar-refractivity contribution < 1.29 is 9.53 Å². The lowest BCUT2D eigenvalue weighted by Gasteiger charge is -2.39. The van der Waals surface area contributed by atoms with Gasteiger partial charge in [0.15, 0.2) is 0 Å². The van der Waals surface area contributed by atoms with Gasteiger partial charge in [0.1, 0.15) is 12.4 Å². The van der Waals surface area contributed by atoms with Crippen molar-refractivity contribution in [1.29, 1.82) is 0 Å². The SMILES string of the molecule is NC(=O)c1ccccc1OCCN1CCN(C(c2ccccc2)c2ccc(Cl)cc2)CC1. The molecule has 0 aromatic heterocycles. The topological polar surface area (TPSA) is 58.8 Å². The summed E-state index contributed by atoms with van der Waals surface area (Å²) in [5.41, 5.74) is 8.39. The third kappa shape index (κ3) is 5.49. The lowest BCUT2D eigenvalue weighted by Crippen LogP contribution is -2.48. The zero-order valence-corrected chi connectivity index (χ0v) is 18.7. The van der Waals surface area contributed by atoms with E-state index in [2.05, 4.69) is 52.3 Å². The molecule has 166 valence electrons. The molecule has 1 unspecified atom stereocenters. The van der Waals surface area contributed by atoms with Gasteiger partial charge in [-0.05, 0) is 35.4 Å². The highest BCUT2D eigenvalue weighted by Gasteiger charge is 2.26. The van der Waals surface area contributed by atoms with E-state index in [9.17, 15) is 4.79 Å². The Kier molecular flexibility index (Phi) is 7.43. The lowest BCUT2D eigenvalue weighted by molar-refractivity contribution is 0.0957. The van der Waals surface area contributed by atoms with Crippen molar-refractivity contribution in [2.75, 3.05) is 39.3 Å². The minimum absolute atomic E-state index is 0.203. The number of ether oxygens (including phenoxy) is 1. The molecular weight excluding hydrogens is 422 g/mol. The second-order valence-electron chi connectivity index (χ2n) is 7.95. The van der Waals surface area contributed by atoms with Crippen LogP contribution in [0.3, 0.4) is 0 Å². The smallest absolute Gasteiger partial charge is 0.252 e. The average molecular weight is 450 g/mol. The Balaban J connectivity index is 1.36. The molecule has 4 rings (SSSR count). The first kappa shape index (κ1) is 22.3. The number of hydrogen-bond donors (Lipinski definition) is 1. The fraction of sp³-hybridized carbons (Fsp3) is 0.269. The molecule has 1 saturated heterocycles. The maximum Gasteiger partial charge on any atom is 0.252 e. The van der Waals surface area contributed by atoms with Crippen molar-refractivity contribution in [2.24, 2.45) is 5.73 Å². The number of piperazine rings is 1. The van der Waals surface area contributed by atoms with Crippen LogP contribution in [0, 0.1) is 0 Å². The van der Waals surface area contributed by atoms with Gasteiger partial charge in [0.25, 0.3) is 5.91 Å². The summed E-state index contributed by atoms with van der Waals surface area (Å²) in [7, 11) is 0. The Hall–Kier alpha value is -2.86. The van der Waals surface area contributed by atoms with Crippen LogP contribution in [0.1, 0.15) is 27.5 Å². The van der Waals surface area contributed by atoms with Gasteiger partial charge in [-0.3, -0.25) is 14.6 Å². The highest BCUT2D eigenvalue weighted by atomic mass is 35.5. The lowest BCUT2D eigenvalue weighted by atomic mass is 9.96. The first-order valence-corrected chi connectivity index (χ1v) is 11.3. The third-order valence-electron chi connectivity index (χ3n) is 5.89. The van der Waals surface area contributed by atoms with Gasteiger partial charge in [-0.1, -0.05) is 66.2 Å². The number of halogens is 1. The quantitative estimate of drug-likeness (QED) is 0.559. The van der Waals surface area contributed by atoms with E-state index in [1.807, 2.05) is 18.2 Å². The van der Waals surface area contributed by atoms with Gasteiger partial charge in [0.2, 0.25) is 0 Å². The van der Waals surface area contributed by atoms with E-state index in [1.165, 1.54) is 11.1 Å². The Bertz CT molecular complexity index is 1020. The van der Waals surface area contributed by atoms with Crippen LogP contribution < -0.4 is 10.5 Å². The molecule has 32 heavy (non-hydrogen) atoms. The van der Waals surface area contributed by atoms with Crippen LogP contribution >= 0.6 is 11.6 Å². The molecule has 0 radical (unpaired) electrons. The summed E-state index contributed by atoms with van der Waals surface area (Å²) >= 11 is 6.13. The van der Waals surface area contributed by atoms with E-state index in [1.54, 1.807) is 18.2 Å². The fourth-order valence-electron chi connectivity index (χ4n) is 4.22. The van der Waals surface area contributed by atoms with E-state index in [-0.39, 0.29) is 6.04 Å². The molecule has 0 spiro atoms. The summed E-state index contributed by atoms with van der Waals surface area (Å²) in [5.74, 6) is 0.0777. The summed E-state index contributed by atoms with van der Waals surface area (Å²) < 4.78 is 5.86. The zero-order chi connectivity index (χ0) is 22.3. The number of nitrogens with two attached hydrogens (primary N) is 1. The maximum absolute atomic E-state index is 11.6. The molecular formula is C26H28ClN3O2. The summed E-state index contributed by atoms with van der Waals surface area (Å²) in [4.78, 5) is 16.5. The third-order valence-corrected chi connectivity index (χ3v) is 6.14. The largest absolute Gasteiger partial charge is 0.491 e. The Morgan fingerprint density at radius 2 is 1.50 bits per heavy atom. The maximum atomic E-state index is 11.6. The van der Waals surface area contributed by atoms with E-state index >= 15 is 0 Å². The van der Waals surface area contributed by atoms with Gasteiger partial charge in [-0.25, -0.2) is 0 Å². The molecule has 0 aliphatic carbocycles. The normalized spacial score (nSPS) is 15.9. The fourth-order valence-corrected chi connectivity index (χ4v) is 4.35. The number of hydrogen-bond acceptors (Lipinski definition) is 4. The standard InChI is InChI=1S/C26H28ClN3O2/c27-22-12-10-21(11-13-22)25(20-6-2-1-3-7-20)30-16-14-29(15-17-30)18-19-32-24-9-5-4-8-23(24)26(28)31/h1-13,25H,14-19H2,(H2,28,31). The molecule has 0 saturated carbocycles. The monoisotopic (exact) mass is 449 g/mol. The Labute approximate surface area is 194 Å². The molecule has 2 N–H and O–H groups in total. The summed E-state index contributed by atoms with van der Waals surface area (Å²) in [5, 5.41) is 0.753. The summed E-state index contributed by atoms with van der Waals surface area (Å²) in [6.07, 6.45) is 0. The molecule has 3 aromatic rings. The van der Waals surface area contributed by atoms with Crippen LogP contribution in [0.2, 0.25) is 5.02 Å². The molecule has 0 bridgehead atoms. The Morgan fingerprint density at radius 1 is 0.875 bits per heavy atom. The van der Waals surface area contributed by atoms with Gasteiger partial charge in [-0.2, -0.15) is 0 Å². The van der Waals surface area contributed by atoms with Gasteiger partial charge < -0.3 is 10.5 Å². The number of rotatable bonds is 8. The second-order valence-corrected chi connectivity index (χ2v) is 8.39. The predicted molar refractivity (Wildman–Crippen MR) is 128 cm³/mol. The molecule has 1 fully saturated rings. The molecule has 1 amide bonds. The molecule has 1 aliphatic heterocycles. The van der Waals surface area contributed by atoms with Crippen LogP contribution in [0.25, 0.3) is 0 Å². The van der Waals surface area contributed by atoms with E-state index in [0.717, 1.165) is 37.7 Å². The number of amides is 1. The van der Waals surface area contributed by atoms with Crippen LogP contribution in [-0.4, -0.2) is 55.0 Å². The zero-order valence-electron chi connectivity index (χ0n) is 18.0. The van der Waals surface area contributed by atoms with Crippen LogP contribution in [0.15, 0.2) is 78.9 Å². The molecule has 1 aliphatic rings. The molecule has 3 aromatic carbocycles. The number of para-hydroxylation sites is 1. The van der Waals surface area contributed by atoms with Crippen LogP contribution in [0.5, 0.6) is 5.75 Å². The van der Waals surface area contributed by atoms with Gasteiger partial charge in [0.05, 0.1) is 11.6 Å². The van der Waals surface area contributed by atoms with Crippen LogP contribution in [0.4, 0.5) is 0 Å². The Morgan fingerprint density at radius 3 is 2.19 bits per heavy atom. The van der Waals surface area contributed by atoms with Crippen molar-refractivity contribution in [1.82, 2.24) is 9.80 Å². The molecule has 6 heteroatoms. The van der Waals surface area contributed by atoms with Gasteiger partial charge in [-0.15, -0.1) is 0 Å². The number of nitrogens with zero attached hydrogens (tertiary/aromatic N) is 2. The van der Waals surface area contributed by atoms with Crippen LogP contribution in [-0.2, 0) is 0 Å². The minimum Gasteiger partial charge on any atom is -0.491 e. The average Bonchev–Trinajstić information content (AvgIpc) is 2.82. The van der Waals surface area contributed by atoms with E-state index in [0.29, 0.717) is 17.9 Å².